The number of nitriles is 1. The fourth-order valence-corrected chi connectivity index (χ4v) is 1.72. The summed E-state index contributed by atoms with van der Waals surface area (Å²) in [6.45, 7) is 1.46. The number of carbonyl (C=O) groups is 1. The predicted octanol–water partition coefficient (Wildman–Crippen LogP) is 2.19. The molecule has 1 heterocycles. The lowest BCUT2D eigenvalue weighted by molar-refractivity contribution is -0.114. The highest BCUT2D eigenvalue weighted by molar-refractivity contribution is 6.00. The number of amides is 1. The van der Waals surface area contributed by atoms with Crippen LogP contribution in [0.25, 0.3) is 10.9 Å². The molecule has 0 spiro atoms. The summed E-state index contributed by atoms with van der Waals surface area (Å²) in [5.74, 6) is -0.120. The molecule has 1 aromatic heterocycles. The molecule has 0 bridgehead atoms. The smallest absolute Gasteiger partial charge is 0.221 e. The summed E-state index contributed by atoms with van der Waals surface area (Å²) >= 11 is 0. The first-order valence-corrected chi connectivity index (χ1v) is 4.95. The van der Waals surface area contributed by atoms with Crippen LogP contribution >= 0.6 is 0 Å². The maximum absolute atomic E-state index is 11.1. The molecule has 0 saturated heterocycles. The van der Waals surface area contributed by atoms with Gasteiger partial charge in [-0.05, 0) is 23.8 Å². The molecule has 1 amide bonds. The second-order valence-corrected chi connectivity index (χ2v) is 3.60. The summed E-state index contributed by atoms with van der Waals surface area (Å²) in [4.78, 5) is 14.1. The Balaban J connectivity index is 2.55. The molecule has 0 unspecified atom stereocenters. The van der Waals surface area contributed by atoms with Crippen molar-refractivity contribution in [3.8, 4) is 6.07 Å². The Kier molecular flexibility index (Phi) is 2.61. The van der Waals surface area contributed by atoms with E-state index in [-0.39, 0.29) is 5.91 Å². The maximum atomic E-state index is 11.1. The summed E-state index contributed by atoms with van der Waals surface area (Å²) in [6.07, 6.45) is 2.15. The second-order valence-electron chi connectivity index (χ2n) is 3.60. The maximum Gasteiger partial charge on any atom is 0.221 e. The number of aromatic nitrogens is 1. The average molecular weight is 213 g/mol. The minimum Gasteiger partial charge on any atom is -0.359 e. The molecule has 2 rings (SSSR count). The molecule has 0 fully saturated rings. The molecule has 0 saturated carbocycles. The Morgan fingerprint density at radius 3 is 3.06 bits per heavy atom. The van der Waals surface area contributed by atoms with E-state index in [4.69, 9.17) is 5.26 Å². The van der Waals surface area contributed by atoms with Crippen molar-refractivity contribution < 1.29 is 4.79 Å². The molecule has 1 aromatic carbocycles. The van der Waals surface area contributed by atoms with Crippen LogP contribution in [0.15, 0.2) is 24.4 Å². The van der Waals surface area contributed by atoms with Gasteiger partial charge in [-0.1, -0.05) is 0 Å². The summed E-state index contributed by atoms with van der Waals surface area (Å²) in [5, 5.41) is 12.4. The predicted molar refractivity (Wildman–Crippen MR) is 61.9 cm³/mol. The van der Waals surface area contributed by atoms with E-state index in [1.54, 1.807) is 0 Å². The van der Waals surface area contributed by atoms with Crippen LogP contribution in [0.5, 0.6) is 0 Å². The second kappa shape index (κ2) is 4.07. The average Bonchev–Trinajstić information content (AvgIpc) is 2.65. The van der Waals surface area contributed by atoms with Gasteiger partial charge in [0, 0.05) is 18.5 Å². The number of carbonyl (C=O) groups excluding carboxylic acids is 1. The first kappa shape index (κ1) is 10.2. The van der Waals surface area contributed by atoms with Gasteiger partial charge in [-0.25, -0.2) is 0 Å². The molecule has 0 atom stereocenters. The van der Waals surface area contributed by atoms with E-state index >= 15 is 0 Å². The van der Waals surface area contributed by atoms with E-state index in [0.29, 0.717) is 6.42 Å². The molecule has 0 aliphatic carbocycles. The van der Waals surface area contributed by atoms with Crippen LogP contribution in [-0.4, -0.2) is 10.9 Å². The quantitative estimate of drug-likeness (QED) is 0.802. The lowest BCUT2D eigenvalue weighted by atomic mass is 10.1. The molecule has 0 aliphatic rings. The number of nitrogens with zero attached hydrogens (tertiary/aromatic N) is 1. The van der Waals surface area contributed by atoms with Crippen molar-refractivity contribution in [2.75, 3.05) is 5.32 Å². The summed E-state index contributed by atoms with van der Waals surface area (Å²) in [6, 6.07) is 7.78. The van der Waals surface area contributed by atoms with Gasteiger partial charge in [0.25, 0.3) is 0 Å². The van der Waals surface area contributed by atoms with E-state index in [2.05, 4.69) is 16.4 Å². The van der Waals surface area contributed by atoms with Crippen LogP contribution in [0.3, 0.4) is 0 Å². The van der Waals surface area contributed by atoms with Crippen molar-refractivity contribution in [3.63, 3.8) is 0 Å². The van der Waals surface area contributed by atoms with Gasteiger partial charge >= 0.3 is 0 Å². The van der Waals surface area contributed by atoms with Gasteiger partial charge in [0.15, 0.2) is 0 Å². The molecule has 2 N–H and O–H groups in total. The van der Waals surface area contributed by atoms with Crippen molar-refractivity contribution in [2.45, 2.75) is 13.3 Å². The summed E-state index contributed by atoms with van der Waals surface area (Å²) in [5.41, 5.74) is 2.51. The number of anilines is 1. The molecule has 2 aromatic rings. The van der Waals surface area contributed by atoms with E-state index in [9.17, 15) is 4.79 Å². The van der Waals surface area contributed by atoms with Crippen molar-refractivity contribution >= 4 is 22.5 Å². The van der Waals surface area contributed by atoms with E-state index in [1.165, 1.54) is 6.92 Å². The van der Waals surface area contributed by atoms with Crippen LogP contribution in [0, 0.1) is 11.3 Å². The molecular formula is C12H11N3O. The van der Waals surface area contributed by atoms with E-state index in [1.807, 2.05) is 24.4 Å². The van der Waals surface area contributed by atoms with Crippen molar-refractivity contribution in [3.05, 3.63) is 30.0 Å². The molecule has 16 heavy (non-hydrogen) atoms. The van der Waals surface area contributed by atoms with Gasteiger partial charge in [0.05, 0.1) is 23.7 Å². The number of fused-ring (bicyclic) bond motifs is 1. The highest BCUT2D eigenvalue weighted by Gasteiger charge is 2.06. The normalized spacial score (nSPS) is 10.0. The number of nitrogens with one attached hydrogen (secondary N) is 2. The Labute approximate surface area is 92.9 Å². The number of benzene rings is 1. The molecule has 4 heteroatoms. The minimum absolute atomic E-state index is 0.120. The van der Waals surface area contributed by atoms with Gasteiger partial charge in [-0.15, -0.1) is 0 Å². The van der Waals surface area contributed by atoms with Crippen LogP contribution in [0.2, 0.25) is 0 Å². The van der Waals surface area contributed by atoms with Crippen molar-refractivity contribution in [1.29, 1.82) is 5.26 Å². The van der Waals surface area contributed by atoms with Gasteiger partial charge in [-0.2, -0.15) is 5.26 Å². The molecular weight excluding hydrogens is 202 g/mol. The lowest BCUT2D eigenvalue weighted by Crippen LogP contribution is -2.06. The van der Waals surface area contributed by atoms with E-state index in [0.717, 1.165) is 22.2 Å². The van der Waals surface area contributed by atoms with Crippen LogP contribution in [0.1, 0.15) is 12.5 Å². The molecule has 4 nitrogen and oxygen atoms in total. The Bertz CT molecular complexity index is 577. The fraction of sp³-hybridized carbons (Fsp3) is 0.167. The summed E-state index contributed by atoms with van der Waals surface area (Å²) in [7, 11) is 0. The minimum atomic E-state index is -0.120. The SMILES string of the molecule is CC(=O)Nc1cc(CC#N)cc2cc[nH]c12. The van der Waals surface area contributed by atoms with Gasteiger partial charge in [0.2, 0.25) is 5.91 Å². The standard InChI is InChI=1S/C12H11N3O/c1-8(16)15-11-7-9(2-4-13)6-10-3-5-14-12(10)11/h3,5-7,14H,2H2,1H3,(H,15,16). The highest BCUT2D eigenvalue weighted by Crippen LogP contribution is 2.24. The first-order valence-electron chi connectivity index (χ1n) is 4.95. The third kappa shape index (κ3) is 1.89. The zero-order valence-corrected chi connectivity index (χ0v) is 8.87. The molecule has 0 radical (unpaired) electrons. The largest absolute Gasteiger partial charge is 0.359 e. The van der Waals surface area contributed by atoms with Crippen LogP contribution < -0.4 is 5.32 Å². The Hall–Kier alpha value is -2.28. The summed E-state index contributed by atoms with van der Waals surface area (Å²) < 4.78 is 0. The van der Waals surface area contributed by atoms with Gasteiger partial charge < -0.3 is 10.3 Å². The molecule has 0 aliphatic heterocycles. The van der Waals surface area contributed by atoms with Crippen LogP contribution in [0.4, 0.5) is 5.69 Å². The van der Waals surface area contributed by atoms with Gasteiger partial charge in [0.1, 0.15) is 0 Å². The number of hydrogen-bond donors (Lipinski definition) is 2. The van der Waals surface area contributed by atoms with Crippen LogP contribution in [-0.2, 0) is 11.2 Å². The zero-order chi connectivity index (χ0) is 11.5. The zero-order valence-electron chi connectivity index (χ0n) is 8.87. The number of rotatable bonds is 2. The van der Waals surface area contributed by atoms with Crippen molar-refractivity contribution in [1.82, 2.24) is 4.98 Å². The number of H-pyrrole nitrogens is 1. The number of hydrogen-bond acceptors (Lipinski definition) is 2. The fourth-order valence-electron chi connectivity index (χ4n) is 1.72. The first-order chi connectivity index (χ1) is 7.70. The lowest BCUT2D eigenvalue weighted by Gasteiger charge is -2.06. The highest BCUT2D eigenvalue weighted by atomic mass is 16.1. The third-order valence-electron chi connectivity index (χ3n) is 2.31. The molecule has 80 valence electrons. The monoisotopic (exact) mass is 213 g/mol. The third-order valence-corrected chi connectivity index (χ3v) is 2.31. The Morgan fingerprint density at radius 2 is 2.38 bits per heavy atom. The topological polar surface area (TPSA) is 68.7 Å². The number of aromatic amines is 1. The van der Waals surface area contributed by atoms with E-state index < -0.39 is 0 Å². The van der Waals surface area contributed by atoms with Crippen molar-refractivity contribution in [2.24, 2.45) is 0 Å². The Morgan fingerprint density at radius 1 is 1.56 bits per heavy atom. The van der Waals surface area contributed by atoms with Gasteiger partial charge in [-0.3, -0.25) is 4.79 Å².